The van der Waals surface area contributed by atoms with Crippen LogP contribution in [0.4, 0.5) is 15.8 Å². The van der Waals surface area contributed by atoms with Crippen LogP contribution in [-0.2, 0) is 16.0 Å². The molecular formula is C19H20FN4O2+. The molecule has 134 valence electrons. The van der Waals surface area contributed by atoms with Gasteiger partial charge in [-0.15, -0.1) is 0 Å². The Balaban J connectivity index is 1.78. The van der Waals surface area contributed by atoms with E-state index in [9.17, 15) is 14.0 Å². The Morgan fingerprint density at radius 2 is 1.42 bits per heavy atom. The van der Waals surface area contributed by atoms with Crippen molar-refractivity contribution in [3.8, 4) is 6.07 Å². The number of benzene rings is 2. The van der Waals surface area contributed by atoms with Crippen molar-refractivity contribution in [2.24, 2.45) is 0 Å². The molecule has 2 aromatic rings. The number of nitrogens with one attached hydrogen (secondary N) is 3. The summed E-state index contributed by atoms with van der Waals surface area (Å²) in [4.78, 5) is 24.7. The molecular weight excluding hydrogens is 335 g/mol. The van der Waals surface area contributed by atoms with E-state index in [1.807, 2.05) is 0 Å². The Bertz CT molecular complexity index is 798. The minimum atomic E-state index is -0.372. The number of quaternary nitrogens is 1. The first-order valence-electron chi connectivity index (χ1n) is 8.08. The van der Waals surface area contributed by atoms with Gasteiger partial charge in [-0.25, -0.2) is 4.39 Å². The van der Waals surface area contributed by atoms with Crippen molar-refractivity contribution in [1.82, 2.24) is 0 Å². The molecule has 0 heterocycles. The number of halogens is 1. The summed E-state index contributed by atoms with van der Waals surface area (Å²) in [7, 11) is 1.74. The molecule has 2 aromatic carbocycles. The molecule has 26 heavy (non-hydrogen) atoms. The Kier molecular flexibility index (Phi) is 6.83. The number of likely N-dealkylation sites (N-methyl/N-ethyl adjacent to an activating group) is 1. The summed E-state index contributed by atoms with van der Waals surface area (Å²) in [6.07, 6.45) is 0.324. The smallest absolute Gasteiger partial charge is 0.279 e. The SMILES string of the molecule is C[NH+](CC(=O)Nc1ccc(F)cc1)CC(=O)Nc1ccc(CC#N)cc1. The number of nitrogens with zero attached hydrogens (tertiary/aromatic N) is 1. The zero-order valence-electron chi connectivity index (χ0n) is 14.4. The summed E-state index contributed by atoms with van der Waals surface area (Å²) >= 11 is 0. The van der Waals surface area contributed by atoms with Crippen LogP contribution in [-0.4, -0.2) is 32.0 Å². The normalized spacial score (nSPS) is 11.3. The van der Waals surface area contributed by atoms with Gasteiger partial charge >= 0.3 is 0 Å². The zero-order chi connectivity index (χ0) is 18.9. The van der Waals surface area contributed by atoms with Gasteiger partial charge in [-0.3, -0.25) is 9.59 Å². The molecule has 0 aliphatic heterocycles. The molecule has 0 bridgehead atoms. The van der Waals surface area contributed by atoms with Gasteiger partial charge in [0.1, 0.15) is 5.82 Å². The van der Waals surface area contributed by atoms with Gasteiger partial charge < -0.3 is 15.5 Å². The van der Waals surface area contributed by atoms with Crippen LogP contribution in [0.1, 0.15) is 5.56 Å². The number of nitriles is 1. The largest absolute Gasteiger partial charge is 0.322 e. The van der Waals surface area contributed by atoms with E-state index in [1.54, 1.807) is 31.3 Å². The van der Waals surface area contributed by atoms with Crippen LogP contribution in [0.2, 0.25) is 0 Å². The molecule has 0 spiro atoms. The fourth-order valence-corrected chi connectivity index (χ4v) is 2.35. The van der Waals surface area contributed by atoms with Crippen LogP contribution < -0.4 is 15.5 Å². The first-order chi connectivity index (χ1) is 12.5. The first kappa shape index (κ1) is 19.1. The number of carbonyl (C=O) groups is 2. The highest BCUT2D eigenvalue weighted by atomic mass is 19.1. The third-order valence-corrected chi connectivity index (χ3v) is 3.57. The second-order valence-electron chi connectivity index (χ2n) is 5.95. The van der Waals surface area contributed by atoms with E-state index < -0.39 is 0 Å². The highest BCUT2D eigenvalue weighted by Gasteiger charge is 2.14. The van der Waals surface area contributed by atoms with Crippen LogP contribution in [0.15, 0.2) is 48.5 Å². The third kappa shape index (κ3) is 6.34. The molecule has 0 aliphatic rings. The van der Waals surface area contributed by atoms with Crippen molar-refractivity contribution < 1.29 is 18.9 Å². The summed E-state index contributed by atoms with van der Waals surface area (Å²) in [5.41, 5.74) is 2.03. The second-order valence-corrected chi connectivity index (χ2v) is 5.95. The number of carbonyl (C=O) groups excluding carboxylic acids is 2. The summed E-state index contributed by atoms with van der Waals surface area (Å²) < 4.78 is 12.8. The van der Waals surface area contributed by atoms with E-state index in [1.165, 1.54) is 24.3 Å². The molecule has 0 saturated carbocycles. The Hall–Kier alpha value is -3.24. The molecule has 7 heteroatoms. The molecule has 6 nitrogen and oxygen atoms in total. The Morgan fingerprint density at radius 1 is 0.962 bits per heavy atom. The van der Waals surface area contributed by atoms with Gasteiger partial charge in [-0.1, -0.05) is 12.1 Å². The lowest BCUT2D eigenvalue weighted by Crippen LogP contribution is -3.11. The highest BCUT2D eigenvalue weighted by molar-refractivity contribution is 5.93. The monoisotopic (exact) mass is 355 g/mol. The van der Waals surface area contributed by atoms with Gasteiger partial charge in [0, 0.05) is 11.4 Å². The lowest BCUT2D eigenvalue weighted by molar-refractivity contribution is -0.862. The topological polar surface area (TPSA) is 86.4 Å². The van der Waals surface area contributed by atoms with E-state index in [0.29, 0.717) is 22.7 Å². The summed E-state index contributed by atoms with van der Waals surface area (Å²) in [6, 6.07) is 14.6. The van der Waals surface area contributed by atoms with Gasteiger partial charge in [0.15, 0.2) is 13.1 Å². The van der Waals surface area contributed by atoms with Crippen LogP contribution >= 0.6 is 0 Å². The molecule has 0 fully saturated rings. The van der Waals surface area contributed by atoms with E-state index in [0.717, 1.165) is 5.56 Å². The number of rotatable bonds is 7. The number of hydrogen-bond donors (Lipinski definition) is 3. The van der Waals surface area contributed by atoms with Crippen LogP contribution in [0.25, 0.3) is 0 Å². The maximum atomic E-state index is 12.8. The maximum Gasteiger partial charge on any atom is 0.279 e. The van der Waals surface area contributed by atoms with E-state index >= 15 is 0 Å². The van der Waals surface area contributed by atoms with E-state index in [4.69, 9.17) is 5.26 Å². The fourth-order valence-electron chi connectivity index (χ4n) is 2.35. The standard InChI is InChI=1S/C19H19FN4O2/c1-24(13-19(26)23-17-8-4-15(20)5-9-17)12-18(25)22-16-6-2-14(3-7-16)10-11-21/h2-9H,10,12-13H2,1H3,(H,22,25)(H,23,26)/p+1. The molecule has 2 rings (SSSR count). The molecule has 3 N–H and O–H groups in total. The van der Waals surface area contributed by atoms with Crippen molar-refractivity contribution in [3.05, 3.63) is 59.9 Å². The summed E-state index contributed by atoms with van der Waals surface area (Å²) in [5, 5.41) is 14.1. The molecule has 0 aromatic heterocycles. The quantitative estimate of drug-likeness (QED) is 0.692. The maximum absolute atomic E-state index is 12.8. The van der Waals surface area contributed by atoms with Crippen LogP contribution in [0.5, 0.6) is 0 Å². The molecule has 0 radical (unpaired) electrons. The zero-order valence-corrected chi connectivity index (χ0v) is 14.4. The van der Waals surface area contributed by atoms with Gasteiger partial charge in [-0.2, -0.15) is 5.26 Å². The number of hydrogen-bond acceptors (Lipinski definition) is 3. The highest BCUT2D eigenvalue weighted by Crippen LogP contribution is 2.09. The lowest BCUT2D eigenvalue weighted by atomic mass is 10.1. The van der Waals surface area contributed by atoms with Crippen LogP contribution in [0, 0.1) is 17.1 Å². The van der Waals surface area contributed by atoms with Gasteiger partial charge in [0.2, 0.25) is 0 Å². The van der Waals surface area contributed by atoms with Crippen molar-refractivity contribution in [2.45, 2.75) is 6.42 Å². The molecule has 0 aliphatic carbocycles. The minimum absolute atomic E-state index is 0.103. The van der Waals surface area contributed by atoms with Crippen molar-refractivity contribution in [2.75, 3.05) is 30.8 Å². The van der Waals surface area contributed by atoms with Crippen molar-refractivity contribution >= 4 is 23.2 Å². The van der Waals surface area contributed by atoms with Gasteiger partial charge in [-0.05, 0) is 42.0 Å². The van der Waals surface area contributed by atoms with Gasteiger partial charge in [0.05, 0.1) is 19.5 Å². The fraction of sp³-hybridized carbons (Fsp3) is 0.211. The molecule has 0 saturated heterocycles. The predicted molar refractivity (Wildman–Crippen MR) is 96.0 cm³/mol. The van der Waals surface area contributed by atoms with Crippen molar-refractivity contribution in [3.63, 3.8) is 0 Å². The Morgan fingerprint density at radius 3 is 1.88 bits per heavy atom. The molecule has 1 atom stereocenters. The van der Waals surface area contributed by atoms with Crippen LogP contribution in [0.3, 0.4) is 0 Å². The average Bonchev–Trinajstić information content (AvgIpc) is 2.58. The summed E-state index contributed by atoms with van der Waals surface area (Å²) in [5.74, 6) is -0.851. The van der Waals surface area contributed by atoms with E-state index in [2.05, 4.69) is 16.7 Å². The number of amides is 2. The van der Waals surface area contributed by atoms with Gasteiger partial charge in [0.25, 0.3) is 11.8 Å². The third-order valence-electron chi connectivity index (χ3n) is 3.57. The average molecular weight is 355 g/mol. The van der Waals surface area contributed by atoms with E-state index in [-0.39, 0.29) is 30.7 Å². The molecule has 1 unspecified atom stereocenters. The lowest BCUT2D eigenvalue weighted by Gasteiger charge is -2.14. The number of anilines is 2. The molecule has 2 amide bonds. The first-order valence-corrected chi connectivity index (χ1v) is 8.08. The predicted octanol–water partition coefficient (Wildman–Crippen LogP) is 0.984. The minimum Gasteiger partial charge on any atom is -0.322 e. The summed E-state index contributed by atoms with van der Waals surface area (Å²) in [6.45, 7) is 0.225. The van der Waals surface area contributed by atoms with Crippen molar-refractivity contribution in [1.29, 1.82) is 5.26 Å². The second kappa shape index (κ2) is 9.30. The Labute approximate surface area is 151 Å².